The highest BCUT2D eigenvalue weighted by atomic mass is 14.9. The Labute approximate surface area is 75.1 Å². The second-order valence-corrected chi connectivity index (χ2v) is 2.39. The highest BCUT2D eigenvalue weighted by molar-refractivity contribution is 5.54. The van der Waals surface area contributed by atoms with Crippen LogP contribution in [0.3, 0.4) is 0 Å². The lowest BCUT2D eigenvalue weighted by molar-refractivity contribution is 0.783. The average molecular weight is 166 g/mol. The molecule has 0 atom stereocenters. The van der Waals surface area contributed by atoms with Gasteiger partial charge >= 0.3 is 0 Å². The Kier molecular flexibility index (Phi) is 7.35. The van der Waals surface area contributed by atoms with Gasteiger partial charge in [0, 0.05) is 24.7 Å². The Balaban J connectivity index is 3.84. The largest absolute Gasteiger partial charge is 0.385 e. The quantitative estimate of drug-likeness (QED) is 0.492. The van der Waals surface area contributed by atoms with Gasteiger partial charge in [-0.15, -0.1) is 0 Å². The van der Waals surface area contributed by atoms with Crippen molar-refractivity contribution < 1.29 is 0 Å². The van der Waals surface area contributed by atoms with E-state index in [1.807, 2.05) is 26.0 Å². The van der Waals surface area contributed by atoms with Gasteiger partial charge in [-0.05, 0) is 26.3 Å². The van der Waals surface area contributed by atoms with Crippen LogP contribution in [0.1, 0.15) is 27.2 Å². The molecule has 0 spiro atoms. The molecule has 0 heterocycles. The highest BCUT2D eigenvalue weighted by Crippen LogP contribution is 1.91. The summed E-state index contributed by atoms with van der Waals surface area (Å²) in [5.41, 5.74) is 1.13. The molecule has 0 aliphatic heterocycles. The first kappa shape index (κ1) is 11.0. The highest BCUT2D eigenvalue weighted by Gasteiger charge is 1.85. The molecule has 1 N–H and O–H groups in total. The van der Waals surface area contributed by atoms with E-state index in [0.29, 0.717) is 0 Å². The van der Waals surface area contributed by atoms with Crippen LogP contribution in [0.15, 0.2) is 29.0 Å². The molecule has 0 aromatic carbocycles. The van der Waals surface area contributed by atoms with Gasteiger partial charge in [-0.1, -0.05) is 13.0 Å². The van der Waals surface area contributed by atoms with Crippen LogP contribution >= 0.6 is 0 Å². The van der Waals surface area contributed by atoms with Crippen LogP contribution in [0.4, 0.5) is 0 Å². The van der Waals surface area contributed by atoms with Gasteiger partial charge in [0.25, 0.3) is 0 Å². The lowest BCUT2D eigenvalue weighted by Gasteiger charge is -2.02. The van der Waals surface area contributed by atoms with Crippen LogP contribution in [0, 0.1) is 0 Å². The van der Waals surface area contributed by atoms with Crippen LogP contribution in [-0.4, -0.2) is 12.8 Å². The number of rotatable bonds is 5. The number of nitrogens with zero attached hydrogens (tertiary/aromatic N) is 1. The third-order valence-corrected chi connectivity index (χ3v) is 1.38. The smallest absolute Gasteiger partial charge is 0.0312 e. The molecular weight excluding hydrogens is 148 g/mol. The van der Waals surface area contributed by atoms with Gasteiger partial charge in [0.15, 0.2) is 0 Å². The van der Waals surface area contributed by atoms with Crippen molar-refractivity contribution in [1.29, 1.82) is 0 Å². The summed E-state index contributed by atoms with van der Waals surface area (Å²) in [6, 6.07) is 0. The van der Waals surface area contributed by atoms with Crippen LogP contribution in [0.5, 0.6) is 0 Å². The minimum absolute atomic E-state index is 1.01. The van der Waals surface area contributed by atoms with Gasteiger partial charge in [-0.2, -0.15) is 0 Å². The average Bonchev–Trinajstić information content (AvgIpc) is 2.11. The van der Waals surface area contributed by atoms with Gasteiger partial charge in [0.05, 0.1) is 0 Å². The molecule has 2 heteroatoms. The molecule has 0 aromatic heterocycles. The summed E-state index contributed by atoms with van der Waals surface area (Å²) in [5, 5.41) is 3.28. The second-order valence-electron chi connectivity index (χ2n) is 2.39. The van der Waals surface area contributed by atoms with E-state index >= 15 is 0 Å². The Morgan fingerprint density at radius 2 is 2.17 bits per heavy atom. The molecule has 12 heavy (non-hydrogen) atoms. The fraction of sp³-hybridized carbons (Fsp3) is 0.500. The first-order valence-corrected chi connectivity index (χ1v) is 4.39. The van der Waals surface area contributed by atoms with E-state index in [9.17, 15) is 0 Å². The number of hydrogen-bond acceptors (Lipinski definition) is 2. The van der Waals surface area contributed by atoms with Crippen molar-refractivity contribution >= 4 is 6.21 Å². The van der Waals surface area contributed by atoms with E-state index in [4.69, 9.17) is 0 Å². The fourth-order valence-corrected chi connectivity index (χ4v) is 0.736. The maximum Gasteiger partial charge on any atom is 0.0312 e. The fourth-order valence-electron chi connectivity index (χ4n) is 0.736. The Bertz CT molecular complexity index is 178. The molecule has 0 radical (unpaired) electrons. The summed E-state index contributed by atoms with van der Waals surface area (Å²) in [6.45, 7) is 7.07. The number of allylic oxidation sites excluding steroid dienone is 2. The van der Waals surface area contributed by atoms with E-state index in [2.05, 4.69) is 17.2 Å². The van der Waals surface area contributed by atoms with E-state index in [-0.39, 0.29) is 0 Å². The normalized spacial score (nSPS) is 13.1. The van der Waals surface area contributed by atoms with Crippen molar-refractivity contribution in [1.82, 2.24) is 5.32 Å². The van der Waals surface area contributed by atoms with Gasteiger partial charge in [-0.25, -0.2) is 0 Å². The van der Waals surface area contributed by atoms with Crippen LogP contribution in [0.25, 0.3) is 0 Å². The molecule has 0 bridgehead atoms. The zero-order valence-electron chi connectivity index (χ0n) is 8.17. The molecule has 2 nitrogen and oxygen atoms in total. The third-order valence-electron chi connectivity index (χ3n) is 1.38. The van der Waals surface area contributed by atoms with Gasteiger partial charge < -0.3 is 5.32 Å². The zero-order chi connectivity index (χ0) is 9.23. The first-order valence-electron chi connectivity index (χ1n) is 4.39. The lowest BCUT2D eigenvalue weighted by Crippen LogP contribution is -2.11. The van der Waals surface area contributed by atoms with Crippen LogP contribution < -0.4 is 5.32 Å². The maximum absolute atomic E-state index is 3.98. The van der Waals surface area contributed by atoms with Crippen molar-refractivity contribution in [2.45, 2.75) is 27.2 Å². The molecule has 0 unspecified atom stereocenters. The van der Waals surface area contributed by atoms with Crippen molar-refractivity contribution in [3.8, 4) is 0 Å². The predicted molar refractivity (Wildman–Crippen MR) is 55.4 cm³/mol. The Morgan fingerprint density at radius 1 is 1.42 bits per heavy atom. The molecule has 0 aliphatic rings. The Hall–Kier alpha value is -1.05. The molecule has 0 saturated carbocycles. The number of nitrogens with one attached hydrogen (secondary N) is 1. The minimum atomic E-state index is 1.01. The first-order chi connectivity index (χ1) is 5.85. The molecule has 0 aromatic rings. The van der Waals surface area contributed by atoms with Crippen molar-refractivity contribution in [2.24, 2.45) is 4.99 Å². The summed E-state index contributed by atoms with van der Waals surface area (Å²) >= 11 is 0. The molecule has 68 valence electrons. The summed E-state index contributed by atoms with van der Waals surface area (Å²) in [7, 11) is 0. The predicted octanol–water partition coefficient (Wildman–Crippen LogP) is 2.49. The summed E-state index contributed by atoms with van der Waals surface area (Å²) < 4.78 is 0. The van der Waals surface area contributed by atoms with E-state index in [1.54, 1.807) is 12.4 Å². The zero-order valence-corrected chi connectivity index (χ0v) is 8.17. The van der Waals surface area contributed by atoms with E-state index in [0.717, 1.165) is 18.7 Å². The topological polar surface area (TPSA) is 24.4 Å². The van der Waals surface area contributed by atoms with Crippen LogP contribution in [-0.2, 0) is 0 Å². The summed E-state index contributed by atoms with van der Waals surface area (Å²) in [4.78, 5) is 3.98. The molecular formula is C10H18N2. The van der Waals surface area contributed by atoms with Crippen molar-refractivity contribution in [3.05, 3.63) is 24.0 Å². The standard InChI is InChI=1S/C10H18N2/c1-4-8-12-10(5-2)7-9-11-6-3/h5-7,9,12H,4,8H2,1-3H3/b9-7-,10-5+,11-6?. The summed E-state index contributed by atoms with van der Waals surface area (Å²) in [6.07, 6.45) is 8.71. The lowest BCUT2D eigenvalue weighted by atomic mass is 10.3. The monoisotopic (exact) mass is 166 g/mol. The van der Waals surface area contributed by atoms with Gasteiger partial charge in [0.1, 0.15) is 0 Å². The van der Waals surface area contributed by atoms with E-state index < -0.39 is 0 Å². The van der Waals surface area contributed by atoms with Crippen molar-refractivity contribution in [3.63, 3.8) is 0 Å². The number of aliphatic imine (C=N–C) groups is 1. The van der Waals surface area contributed by atoms with E-state index in [1.165, 1.54) is 0 Å². The van der Waals surface area contributed by atoms with Crippen molar-refractivity contribution in [2.75, 3.05) is 6.54 Å². The Morgan fingerprint density at radius 3 is 2.67 bits per heavy atom. The molecule has 0 rings (SSSR count). The van der Waals surface area contributed by atoms with Crippen LogP contribution in [0.2, 0.25) is 0 Å². The molecule has 0 fully saturated rings. The van der Waals surface area contributed by atoms with Gasteiger partial charge in [-0.3, -0.25) is 4.99 Å². The summed E-state index contributed by atoms with van der Waals surface area (Å²) in [5.74, 6) is 0. The molecule has 0 saturated heterocycles. The number of hydrogen-bond donors (Lipinski definition) is 1. The molecule has 0 aliphatic carbocycles. The second kappa shape index (κ2) is 8.05. The minimum Gasteiger partial charge on any atom is -0.385 e. The van der Waals surface area contributed by atoms with Gasteiger partial charge in [0.2, 0.25) is 0 Å². The third kappa shape index (κ3) is 5.71. The molecule has 0 amide bonds. The SMILES string of the molecule is CC=N/C=C\C(=C/C)NCCC. The maximum atomic E-state index is 3.98.